The molecule has 23 heavy (non-hydrogen) atoms. The van der Waals surface area contributed by atoms with Gasteiger partial charge >= 0.3 is 5.97 Å². The maximum atomic E-state index is 12.6. The zero-order valence-corrected chi connectivity index (χ0v) is 13.9. The Balaban J connectivity index is 1.53. The molecule has 2 aliphatic heterocycles. The molecule has 2 saturated heterocycles. The van der Waals surface area contributed by atoms with E-state index in [1.165, 1.54) is 13.5 Å². The van der Waals surface area contributed by atoms with Crippen LogP contribution in [0, 0.1) is 11.3 Å². The average Bonchev–Trinajstić information content (AvgIpc) is 3.42. The monoisotopic (exact) mass is 322 g/mol. The van der Waals surface area contributed by atoms with Crippen LogP contribution in [0.3, 0.4) is 0 Å². The van der Waals surface area contributed by atoms with E-state index in [0.717, 1.165) is 25.9 Å². The van der Waals surface area contributed by atoms with Crippen LogP contribution in [0.2, 0.25) is 0 Å². The molecule has 3 fully saturated rings. The number of amides is 2. The van der Waals surface area contributed by atoms with Crippen molar-refractivity contribution >= 4 is 17.8 Å². The molecule has 6 nitrogen and oxygen atoms in total. The fourth-order valence-electron chi connectivity index (χ4n) is 3.83. The number of piperidine rings is 2. The number of hydrogen-bond acceptors (Lipinski definition) is 4. The summed E-state index contributed by atoms with van der Waals surface area (Å²) in [5.41, 5.74) is -0.918. The van der Waals surface area contributed by atoms with Crippen LogP contribution in [0.1, 0.15) is 44.9 Å². The van der Waals surface area contributed by atoms with Gasteiger partial charge in [0.05, 0.1) is 7.11 Å². The van der Waals surface area contributed by atoms with Crippen LogP contribution in [0.5, 0.6) is 0 Å². The van der Waals surface area contributed by atoms with E-state index in [2.05, 4.69) is 0 Å². The van der Waals surface area contributed by atoms with Crippen molar-refractivity contribution in [1.29, 1.82) is 0 Å². The lowest BCUT2D eigenvalue weighted by molar-refractivity contribution is -0.157. The van der Waals surface area contributed by atoms with E-state index in [0.29, 0.717) is 38.8 Å². The van der Waals surface area contributed by atoms with Crippen LogP contribution in [0.4, 0.5) is 0 Å². The quantitative estimate of drug-likeness (QED) is 0.578. The summed E-state index contributed by atoms with van der Waals surface area (Å²) in [6.07, 6.45) is 6.01. The molecular weight excluding hydrogens is 296 g/mol. The Morgan fingerprint density at radius 3 is 2.04 bits per heavy atom. The maximum absolute atomic E-state index is 12.6. The molecule has 3 aliphatic rings. The normalized spacial score (nSPS) is 24.2. The lowest BCUT2D eigenvalue weighted by Crippen LogP contribution is -2.48. The second-order valence-electron chi connectivity index (χ2n) is 7.03. The van der Waals surface area contributed by atoms with Gasteiger partial charge in [0.15, 0.2) is 0 Å². The van der Waals surface area contributed by atoms with Crippen molar-refractivity contribution in [2.75, 3.05) is 33.3 Å². The Hall–Kier alpha value is -1.59. The first-order chi connectivity index (χ1) is 11.1. The highest BCUT2D eigenvalue weighted by Crippen LogP contribution is 2.48. The number of esters is 1. The molecule has 0 aromatic rings. The topological polar surface area (TPSA) is 66.9 Å². The third-order valence-electron chi connectivity index (χ3n) is 5.53. The van der Waals surface area contributed by atoms with E-state index >= 15 is 0 Å². The van der Waals surface area contributed by atoms with Gasteiger partial charge in [-0.1, -0.05) is 0 Å². The zero-order valence-electron chi connectivity index (χ0n) is 13.9. The van der Waals surface area contributed by atoms with E-state index in [1.807, 2.05) is 4.90 Å². The van der Waals surface area contributed by atoms with Crippen molar-refractivity contribution in [1.82, 2.24) is 9.80 Å². The minimum Gasteiger partial charge on any atom is -0.468 e. The second kappa shape index (κ2) is 6.49. The largest absolute Gasteiger partial charge is 0.468 e. The first-order valence-electron chi connectivity index (χ1n) is 8.75. The van der Waals surface area contributed by atoms with E-state index < -0.39 is 11.4 Å². The van der Waals surface area contributed by atoms with Crippen molar-refractivity contribution in [3.63, 3.8) is 0 Å². The summed E-state index contributed by atoms with van der Waals surface area (Å²) in [6, 6.07) is 0. The minimum atomic E-state index is -0.918. The van der Waals surface area contributed by atoms with Crippen molar-refractivity contribution in [2.45, 2.75) is 44.9 Å². The summed E-state index contributed by atoms with van der Waals surface area (Å²) in [7, 11) is 1.33. The van der Waals surface area contributed by atoms with E-state index in [-0.39, 0.29) is 17.7 Å². The molecule has 0 unspecified atom stereocenters. The highest BCUT2D eigenvalue weighted by atomic mass is 16.5. The van der Waals surface area contributed by atoms with Crippen molar-refractivity contribution in [2.24, 2.45) is 11.3 Å². The Morgan fingerprint density at radius 1 is 0.913 bits per heavy atom. The van der Waals surface area contributed by atoms with Gasteiger partial charge in [-0.2, -0.15) is 0 Å². The second-order valence-corrected chi connectivity index (χ2v) is 7.03. The van der Waals surface area contributed by atoms with Crippen LogP contribution < -0.4 is 0 Å². The highest BCUT2D eigenvalue weighted by molar-refractivity contribution is 6.05. The van der Waals surface area contributed by atoms with Gasteiger partial charge < -0.3 is 14.5 Å². The smallest absolute Gasteiger partial charge is 0.321 e. The Labute approximate surface area is 137 Å². The molecule has 0 aromatic carbocycles. The van der Waals surface area contributed by atoms with Crippen LogP contribution in [-0.2, 0) is 19.1 Å². The summed E-state index contributed by atoms with van der Waals surface area (Å²) in [5, 5.41) is 0. The van der Waals surface area contributed by atoms with Crippen molar-refractivity contribution in [3.05, 3.63) is 0 Å². The molecule has 6 heteroatoms. The third-order valence-corrected chi connectivity index (χ3v) is 5.53. The lowest BCUT2D eigenvalue weighted by atomic mass is 9.93. The molecule has 0 radical (unpaired) electrons. The van der Waals surface area contributed by atoms with Gasteiger partial charge in [0.2, 0.25) is 11.8 Å². The number of nitrogens with zero attached hydrogens (tertiary/aromatic N) is 2. The number of carbonyl (C=O) groups excluding carboxylic acids is 3. The fraction of sp³-hybridized carbons (Fsp3) is 0.824. The first-order valence-corrected chi connectivity index (χ1v) is 8.75. The number of hydrogen-bond donors (Lipinski definition) is 0. The molecule has 3 rings (SSSR count). The molecule has 2 amide bonds. The van der Waals surface area contributed by atoms with Gasteiger partial charge in [-0.3, -0.25) is 14.4 Å². The highest BCUT2D eigenvalue weighted by Gasteiger charge is 2.59. The first kappa shape index (κ1) is 16.3. The molecule has 0 atom stereocenters. The Kier molecular flexibility index (Phi) is 4.60. The maximum Gasteiger partial charge on any atom is 0.321 e. The molecule has 2 heterocycles. The summed E-state index contributed by atoms with van der Waals surface area (Å²) in [5.74, 6) is -0.224. The molecule has 1 aliphatic carbocycles. The zero-order chi connectivity index (χ0) is 16.4. The van der Waals surface area contributed by atoms with Gasteiger partial charge in [-0.25, -0.2) is 0 Å². The number of methoxy groups -OCH3 is 1. The summed E-state index contributed by atoms with van der Waals surface area (Å²) in [4.78, 5) is 40.7. The third kappa shape index (κ3) is 3.08. The fourth-order valence-corrected chi connectivity index (χ4v) is 3.83. The standard InChI is InChI=1S/C17H26N2O4/c1-23-16(22)17(7-8-17)15(21)19-11-5-13(6-12-19)14(20)18-9-3-2-4-10-18/h13H,2-12H2,1H3. The molecule has 0 spiro atoms. The van der Waals surface area contributed by atoms with Gasteiger partial charge in [0, 0.05) is 32.1 Å². The number of carbonyl (C=O) groups is 3. The predicted octanol–water partition coefficient (Wildman–Crippen LogP) is 1.19. The SMILES string of the molecule is COC(=O)C1(C(=O)N2CCC(C(=O)N3CCCCC3)CC2)CC1. The summed E-state index contributed by atoms with van der Waals surface area (Å²) in [6.45, 7) is 2.90. The van der Waals surface area contributed by atoms with Gasteiger partial charge in [-0.15, -0.1) is 0 Å². The van der Waals surface area contributed by atoms with E-state index in [9.17, 15) is 14.4 Å². The van der Waals surface area contributed by atoms with Crippen LogP contribution in [-0.4, -0.2) is 60.9 Å². The van der Waals surface area contributed by atoms with Crippen LogP contribution in [0.15, 0.2) is 0 Å². The lowest BCUT2D eigenvalue weighted by Gasteiger charge is -2.36. The summed E-state index contributed by atoms with van der Waals surface area (Å²) < 4.78 is 4.78. The van der Waals surface area contributed by atoms with Gasteiger partial charge in [-0.05, 0) is 44.9 Å². The molecule has 1 saturated carbocycles. The van der Waals surface area contributed by atoms with Gasteiger partial charge in [0.25, 0.3) is 0 Å². The van der Waals surface area contributed by atoms with Gasteiger partial charge in [0.1, 0.15) is 5.41 Å². The number of likely N-dealkylation sites (tertiary alicyclic amines) is 2. The van der Waals surface area contributed by atoms with E-state index in [1.54, 1.807) is 4.90 Å². The number of rotatable bonds is 3. The Bertz CT molecular complexity index is 487. The summed E-state index contributed by atoms with van der Waals surface area (Å²) >= 11 is 0. The van der Waals surface area contributed by atoms with Crippen molar-refractivity contribution < 1.29 is 19.1 Å². The molecular formula is C17H26N2O4. The average molecular weight is 322 g/mol. The minimum absolute atomic E-state index is 0.0328. The van der Waals surface area contributed by atoms with E-state index in [4.69, 9.17) is 4.74 Å². The molecule has 0 aromatic heterocycles. The Morgan fingerprint density at radius 2 is 1.52 bits per heavy atom. The van der Waals surface area contributed by atoms with Crippen LogP contribution >= 0.6 is 0 Å². The van der Waals surface area contributed by atoms with Crippen molar-refractivity contribution in [3.8, 4) is 0 Å². The molecule has 128 valence electrons. The molecule has 0 N–H and O–H groups in total. The molecule has 0 bridgehead atoms. The predicted molar refractivity (Wildman–Crippen MR) is 83.4 cm³/mol. The number of ether oxygens (including phenoxy) is 1. The van der Waals surface area contributed by atoms with Crippen LogP contribution in [0.25, 0.3) is 0 Å².